The predicted octanol–water partition coefficient (Wildman–Crippen LogP) is 1.13. The number of nitrogens with zero attached hydrogens (tertiary/aromatic N) is 3. The SMILES string of the molecule is C=CCCCN(C)C(=NC)NCCCN(CC)S(C)(=O)=O. The highest BCUT2D eigenvalue weighted by atomic mass is 32.2. The van der Waals surface area contributed by atoms with Crippen molar-refractivity contribution < 1.29 is 8.42 Å². The highest BCUT2D eigenvalue weighted by Crippen LogP contribution is 1.99. The summed E-state index contributed by atoms with van der Waals surface area (Å²) < 4.78 is 24.4. The molecule has 0 aliphatic rings. The Labute approximate surface area is 130 Å². The molecule has 0 saturated carbocycles. The molecule has 0 fully saturated rings. The van der Waals surface area contributed by atoms with Crippen LogP contribution in [0.25, 0.3) is 0 Å². The van der Waals surface area contributed by atoms with Crippen LogP contribution in [0.15, 0.2) is 17.6 Å². The minimum Gasteiger partial charge on any atom is -0.356 e. The van der Waals surface area contributed by atoms with E-state index in [-0.39, 0.29) is 0 Å². The first-order valence-electron chi connectivity index (χ1n) is 7.34. The molecule has 0 atom stereocenters. The summed E-state index contributed by atoms with van der Waals surface area (Å²) in [6.07, 6.45) is 5.94. The number of rotatable bonds is 10. The molecule has 1 N–H and O–H groups in total. The van der Waals surface area contributed by atoms with E-state index >= 15 is 0 Å². The van der Waals surface area contributed by atoms with Crippen molar-refractivity contribution in [1.29, 1.82) is 0 Å². The van der Waals surface area contributed by atoms with Gasteiger partial charge in [0.1, 0.15) is 0 Å². The Morgan fingerprint density at radius 2 is 2.00 bits per heavy atom. The van der Waals surface area contributed by atoms with Crippen molar-refractivity contribution in [3.05, 3.63) is 12.7 Å². The van der Waals surface area contributed by atoms with Gasteiger partial charge >= 0.3 is 0 Å². The quantitative estimate of drug-likeness (QED) is 0.284. The van der Waals surface area contributed by atoms with Gasteiger partial charge in [-0.05, 0) is 19.3 Å². The lowest BCUT2D eigenvalue weighted by atomic mass is 10.3. The molecule has 0 aromatic heterocycles. The molecular formula is C14H30N4O2S. The van der Waals surface area contributed by atoms with Gasteiger partial charge in [0.15, 0.2) is 5.96 Å². The van der Waals surface area contributed by atoms with E-state index in [4.69, 9.17) is 0 Å². The Morgan fingerprint density at radius 3 is 2.48 bits per heavy atom. The van der Waals surface area contributed by atoms with Crippen LogP contribution in [0.4, 0.5) is 0 Å². The summed E-state index contributed by atoms with van der Waals surface area (Å²) in [6, 6.07) is 0. The van der Waals surface area contributed by atoms with Gasteiger partial charge in [0.25, 0.3) is 0 Å². The van der Waals surface area contributed by atoms with Crippen LogP contribution in [-0.4, -0.2) is 70.1 Å². The Kier molecular flexibility index (Phi) is 10.1. The summed E-state index contributed by atoms with van der Waals surface area (Å²) in [7, 11) is 0.647. The fourth-order valence-corrected chi connectivity index (χ4v) is 2.91. The number of nitrogens with one attached hydrogen (secondary N) is 1. The normalized spacial score (nSPS) is 12.5. The molecule has 0 heterocycles. The third kappa shape index (κ3) is 8.72. The molecule has 21 heavy (non-hydrogen) atoms. The van der Waals surface area contributed by atoms with Crippen LogP contribution in [0.2, 0.25) is 0 Å². The number of guanidine groups is 1. The van der Waals surface area contributed by atoms with Crippen molar-refractivity contribution in [1.82, 2.24) is 14.5 Å². The van der Waals surface area contributed by atoms with Crippen molar-refractivity contribution >= 4 is 16.0 Å². The standard InChI is InChI=1S/C14H30N4O2S/c1-6-8-9-12-17(4)14(15-3)16-11-10-13-18(7-2)21(5,19)20/h6H,1,7-13H2,2-5H3,(H,15,16). The summed E-state index contributed by atoms with van der Waals surface area (Å²) >= 11 is 0. The maximum absolute atomic E-state index is 11.5. The van der Waals surface area contributed by atoms with Crippen LogP contribution >= 0.6 is 0 Å². The van der Waals surface area contributed by atoms with E-state index in [2.05, 4.69) is 21.8 Å². The second kappa shape index (κ2) is 10.6. The van der Waals surface area contributed by atoms with Gasteiger partial charge in [-0.15, -0.1) is 6.58 Å². The van der Waals surface area contributed by atoms with Crippen molar-refractivity contribution in [3.8, 4) is 0 Å². The molecule has 0 bridgehead atoms. The Hall–Kier alpha value is -1.08. The van der Waals surface area contributed by atoms with Gasteiger partial charge < -0.3 is 10.2 Å². The third-order valence-electron chi connectivity index (χ3n) is 3.16. The van der Waals surface area contributed by atoms with E-state index in [1.807, 2.05) is 20.0 Å². The van der Waals surface area contributed by atoms with E-state index in [1.54, 1.807) is 7.05 Å². The minimum atomic E-state index is -3.10. The predicted molar refractivity (Wildman–Crippen MR) is 90.1 cm³/mol. The molecule has 0 amide bonds. The second-order valence-electron chi connectivity index (χ2n) is 4.93. The highest BCUT2D eigenvalue weighted by molar-refractivity contribution is 7.88. The van der Waals surface area contributed by atoms with Crippen LogP contribution in [-0.2, 0) is 10.0 Å². The van der Waals surface area contributed by atoms with Crippen molar-refractivity contribution in [2.75, 3.05) is 46.5 Å². The Morgan fingerprint density at radius 1 is 1.33 bits per heavy atom. The van der Waals surface area contributed by atoms with Crippen molar-refractivity contribution in [2.45, 2.75) is 26.2 Å². The van der Waals surface area contributed by atoms with Crippen LogP contribution in [0, 0.1) is 0 Å². The first kappa shape index (κ1) is 19.9. The molecule has 0 spiro atoms. The van der Waals surface area contributed by atoms with Crippen molar-refractivity contribution in [3.63, 3.8) is 0 Å². The van der Waals surface area contributed by atoms with E-state index in [0.29, 0.717) is 19.6 Å². The average molecular weight is 318 g/mol. The maximum atomic E-state index is 11.5. The second-order valence-corrected chi connectivity index (χ2v) is 6.92. The van der Waals surface area contributed by atoms with E-state index in [1.165, 1.54) is 10.6 Å². The molecule has 0 aromatic carbocycles. The monoisotopic (exact) mass is 318 g/mol. The molecule has 7 heteroatoms. The fraction of sp³-hybridized carbons (Fsp3) is 0.786. The van der Waals surface area contributed by atoms with E-state index < -0.39 is 10.0 Å². The summed E-state index contributed by atoms with van der Waals surface area (Å²) in [4.78, 5) is 6.29. The third-order valence-corrected chi connectivity index (χ3v) is 4.54. The van der Waals surface area contributed by atoms with Crippen molar-refractivity contribution in [2.24, 2.45) is 4.99 Å². The molecule has 0 rings (SSSR count). The summed E-state index contributed by atoms with van der Waals surface area (Å²) in [5.41, 5.74) is 0. The average Bonchev–Trinajstić information content (AvgIpc) is 2.41. The van der Waals surface area contributed by atoms with Crippen LogP contribution < -0.4 is 5.32 Å². The molecule has 0 aliphatic carbocycles. The van der Waals surface area contributed by atoms with Gasteiger partial charge in [0.05, 0.1) is 6.26 Å². The molecule has 124 valence electrons. The van der Waals surface area contributed by atoms with Gasteiger partial charge in [-0.1, -0.05) is 13.0 Å². The molecule has 6 nitrogen and oxygen atoms in total. The molecular weight excluding hydrogens is 288 g/mol. The van der Waals surface area contributed by atoms with Gasteiger partial charge in [0, 0.05) is 40.3 Å². The molecule has 0 aromatic rings. The smallest absolute Gasteiger partial charge is 0.211 e. The highest BCUT2D eigenvalue weighted by Gasteiger charge is 2.13. The van der Waals surface area contributed by atoms with Crippen LogP contribution in [0.5, 0.6) is 0 Å². The number of aliphatic imine (C=N–C) groups is 1. The van der Waals surface area contributed by atoms with E-state index in [0.717, 1.165) is 31.8 Å². The summed E-state index contributed by atoms with van der Waals surface area (Å²) in [5, 5.41) is 3.26. The van der Waals surface area contributed by atoms with Gasteiger partial charge in [0.2, 0.25) is 10.0 Å². The largest absolute Gasteiger partial charge is 0.356 e. The number of hydrogen-bond acceptors (Lipinski definition) is 3. The topological polar surface area (TPSA) is 65.0 Å². The van der Waals surface area contributed by atoms with Crippen LogP contribution in [0.3, 0.4) is 0 Å². The summed E-state index contributed by atoms with van der Waals surface area (Å²) in [6.45, 7) is 8.21. The first-order chi connectivity index (χ1) is 9.86. The Bertz CT molecular complexity index is 421. The van der Waals surface area contributed by atoms with Gasteiger partial charge in [-0.3, -0.25) is 4.99 Å². The molecule has 0 radical (unpaired) electrons. The summed E-state index contributed by atoms with van der Waals surface area (Å²) in [5.74, 6) is 0.835. The molecule has 0 aliphatic heterocycles. The van der Waals surface area contributed by atoms with Gasteiger partial charge in [-0.2, -0.15) is 0 Å². The number of allylic oxidation sites excluding steroid dienone is 1. The van der Waals surface area contributed by atoms with Crippen LogP contribution in [0.1, 0.15) is 26.2 Å². The molecule has 0 saturated heterocycles. The first-order valence-corrected chi connectivity index (χ1v) is 9.19. The van der Waals surface area contributed by atoms with Gasteiger partial charge in [-0.25, -0.2) is 12.7 Å². The van der Waals surface area contributed by atoms with E-state index in [9.17, 15) is 8.42 Å². The zero-order valence-corrected chi connectivity index (χ0v) is 14.6. The zero-order chi connectivity index (χ0) is 16.3. The lowest BCUT2D eigenvalue weighted by Gasteiger charge is -2.22. The molecule has 0 unspecified atom stereocenters. The maximum Gasteiger partial charge on any atom is 0.211 e. The lowest BCUT2D eigenvalue weighted by Crippen LogP contribution is -2.41. The lowest BCUT2D eigenvalue weighted by molar-refractivity contribution is 0.419. The Balaban J connectivity index is 4.10. The minimum absolute atomic E-state index is 0.509. The number of sulfonamides is 1. The number of unbranched alkanes of at least 4 members (excludes halogenated alkanes) is 1. The number of hydrogen-bond donors (Lipinski definition) is 1. The fourth-order valence-electron chi connectivity index (χ4n) is 1.98. The zero-order valence-electron chi connectivity index (χ0n) is 13.8.